The molecule has 2 heterocycles. The second-order valence-electron chi connectivity index (χ2n) is 2.86. The minimum Gasteiger partial charge on any atom is -0.439 e. The summed E-state index contributed by atoms with van der Waals surface area (Å²) < 4.78 is 5.14. The summed E-state index contributed by atoms with van der Waals surface area (Å²) in [6.07, 6.45) is 3.42. The molecule has 2 rings (SSSR count). The first-order chi connectivity index (χ1) is 7.70. The fourth-order valence-corrected chi connectivity index (χ4v) is 2.04. The lowest BCUT2D eigenvalue weighted by molar-refractivity contribution is 0.112. The van der Waals surface area contributed by atoms with Crippen molar-refractivity contribution in [2.45, 2.75) is 17.2 Å². The van der Waals surface area contributed by atoms with Crippen LogP contribution in [-0.2, 0) is 0 Å². The number of oxazole rings is 1. The molecule has 0 radical (unpaired) electrons. The van der Waals surface area contributed by atoms with Crippen molar-refractivity contribution in [2.24, 2.45) is 0 Å². The molecule has 0 unspecified atom stereocenters. The first kappa shape index (κ1) is 11.1. The molecule has 0 aliphatic heterocycles. The Morgan fingerprint density at radius 2 is 2.31 bits per heavy atom. The maximum atomic E-state index is 10.8. The highest BCUT2D eigenvalue weighted by Gasteiger charge is 2.13. The van der Waals surface area contributed by atoms with Crippen molar-refractivity contribution in [3.8, 4) is 0 Å². The molecular formula is C9H6ClN3O2S. The third kappa shape index (κ3) is 2.23. The van der Waals surface area contributed by atoms with Gasteiger partial charge in [0.1, 0.15) is 22.8 Å². The molecular weight excluding hydrogens is 250 g/mol. The lowest BCUT2D eigenvalue weighted by Crippen LogP contribution is -1.93. The second kappa shape index (κ2) is 4.63. The average Bonchev–Trinajstić information content (AvgIpc) is 2.64. The first-order valence-electron chi connectivity index (χ1n) is 4.26. The Morgan fingerprint density at radius 1 is 1.50 bits per heavy atom. The third-order valence-electron chi connectivity index (χ3n) is 1.70. The van der Waals surface area contributed by atoms with Crippen molar-refractivity contribution in [3.63, 3.8) is 0 Å². The summed E-state index contributed by atoms with van der Waals surface area (Å²) >= 11 is 6.88. The van der Waals surface area contributed by atoms with E-state index in [0.29, 0.717) is 16.5 Å². The number of nitrogens with zero attached hydrogens (tertiary/aromatic N) is 3. The van der Waals surface area contributed by atoms with Crippen LogP contribution in [0, 0.1) is 6.92 Å². The summed E-state index contributed by atoms with van der Waals surface area (Å²) in [7, 11) is 0. The number of hydrogen-bond donors (Lipinski definition) is 0. The number of hydrogen-bond acceptors (Lipinski definition) is 6. The Hall–Kier alpha value is -1.40. The zero-order valence-corrected chi connectivity index (χ0v) is 9.75. The van der Waals surface area contributed by atoms with E-state index in [1.807, 2.05) is 0 Å². The quantitative estimate of drug-likeness (QED) is 0.620. The van der Waals surface area contributed by atoms with Crippen LogP contribution in [0.5, 0.6) is 0 Å². The first-order valence-corrected chi connectivity index (χ1v) is 5.46. The molecule has 0 atom stereocenters. The fraction of sp³-hybridized carbons (Fsp3) is 0.111. The van der Waals surface area contributed by atoms with E-state index in [1.54, 1.807) is 6.92 Å². The van der Waals surface area contributed by atoms with Crippen molar-refractivity contribution >= 4 is 29.6 Å². The van der Waals surface area contributed by atoms with E-state index in [9.17, 15) is 4.79 Å². The van der Waals surface area contributed by atoms with E-state index in [1.165, 1.54) is 12.6 Å². The number of aromatic nitrogens is 3. The molecule has 0 amide bonds. The van der Waals surface area contributed by atoms with E-state index in [4.69, 9.17) is 16.0 Å². The van der Waals surface area contributed by atoms with Gasteiger partial charge in [0.25, 0.3) is 5.22 Å². The summed E-state index contributed by atoms with van der Waals surface area (Å²) in [6, 6.07) is 0. The number of aldehydes is 1. The van der Waals surface area contributed by atoms with Crippen LogP contribution in [0.2, 0.25) is 5.15 Å². The molecule has 82 valence electrons. The zero-order chi connectivity index (χ0) is 11.5. The normalized spacial score (nSPS) is 10.4. The lowest BCUT2D eigenvalue weighted by atomic mass is 10.4. The molecule has 0 saturated carbocycles. The molecule has 0 aliphatic carbocycles. The minimum atomic E-state index is 0.121. The van der Waals surface area contributed by atoms with Gasteiger partial charge in [-0.2, -0.15) is 0 Å². The molecule has 7 heteroatoms. The van der Waals surface area contributed by atoms with Crippen molar-refractivity contribution in [1.29, 1.82) is 0 Å². The van der Waals surface area contributed by atoms with Crippen LogP contribution in [0.1, 0.15) is 16.1 Å². The number of carbonyl (C=O) groups is 1. The Bertz CT molecular complexity index is 529. The second-order valence-corrected chi connectivity index (χ2v) is 4.16. The molecule has 0 N–H and O–H groups in total. The summed E-state index contributed by atoms with van der Waals surface area (Å²) in [6.45, 7) is 1.81. The van der Waals surface area contributed by atoms with Gasteiger partial charge >= 0.3 is 0 Å². The summed E-state index contributed by atoms with van der Waals surface area (Å²) in [4.78, 5) is 22.6. The fourth-order valence-electron chi connectivity index (χ4n) is 1.00. The Kier molecular flexibility index (Phi) is 3.21. The van der Waals surface area contributed by atoms with Gasteiger partial charge in [-0.05, 0) is 18.7 Å². The predicted molar refractivity (Wildman–Crippen MR) is 57.8 cm³/mol. The van der Waals surface area contributed by atoms with Crippen LogP contribution >= 0.6 is 23.4 Å². The molecule has 2 aromatic rings. The third-order valence-corrected chi connectivity index (χ3v) is 2.88. The monoisotopic (exact) mass is 255 g/mol. The lowest BCUT2D eigenvalue weighted by Gasteiger charge is -2.00. The predicted octanol–water partition coefficient (Wildman–Crippen LogP) is 2.39. The summed E-state index contributed by atoms with van der Waals surface area (Å²) in [5, 5.41) is 0.961. The van der Waals surface area contributed by atoms with Gasteiger partial charge in [0.15, 0.2) is 6.29 Å². The number of rotatable bonds is 3. The Labute approximate surface area is 100 Å². The average molecular weight is 256 g/mol. The van der Waals surface area contributed by atoms with Gasteiger partial charge in [0.05, 0.1) is 11.3 Å². The van der Waals surface area contributed by atoms with Gasteiger partial charge in [-0.25, -0.2) is 15.0 Å². The molecule has 5 nitrogen and oxygen atoms in total. The molecule has 0 bridgehead atoms. The topological polar surface area (TPSA) is 68.9 Å². The maximum Gasteiger partial charge on any atom is 0.262 e. The van der Waals surface area contributed by atoms with Crippen LogP contribution in [0.4, 0.5) is 0 Å². The van der Waals surface area contributed by atoms with Crippen LogP contribution < -0.4 is 0 Å². The highest BCUT2D eigenvalue weighted by molar-refractivity contribution is 7.99. The van der Waals surface area contributed by atoms with Gasteiger partial charge in [-0.1, -0.05) is 11.6 Å². The Morgan fingerprint density at radius 3 is 2.94 bits per heavy atom. The summed E-state index contributed by atoms with van der Waals surface area (Å²) in [5.41, 5.74) is 1.00. The molecule has 0 fully saturated rings. The zero-order valence-electron chi connectivity index (χ0n) is 8.18. The van der Waals surface area contributed by atoms with Crippen LogP contribution in [-0.4, -0.2) is 21.2 Å². The standard InChI is InChI=1S/C9H6ClN3O2S/c1-5-3-15-9(13-5)16-8-6(2-14)7(10)11-4-12-8/h2-4H,1H3. The Balaban J connectivity index is 2.34. The highest BCUT2D eigenvalue weighted by atomic mass is 35.5. The van der Waals surface area contributed by atoms with E-state index in [0.717, 1.165) is 17.5 Å². The van der Waals surface area contributed by atoms with E-state index in [-0.39, 0.29) is 10.7 Å². The van der Waals surface area contributed by atoms with E-state index >= 15 is 0 Å². The van der Waals surface area contributed by atoms with Gasteiger partial charge in [0, 0.05) is 0 Å². The molecule has 0 spiro atoms. The SMILES string of the molecule is Cc1coc(Sc2ncnc(Cl)c2C=O)n1. The molecule has 0 aromatic carbocycles. The maximum absolute atomic E-state index is 10.8. The van der Waals surface area contributed by atoms with Crippen LogP contribution in [0.3, 0.4) is 0 Å². The van der Waals surface area contributed by atoms with Gasteiger partial charge in [-0.3, -0.25) is 4.79 Å². The van der Waals surface area contributed by atoms with Crippen molar-refractivity contribution < 1.29 is 9.21 Å². The van der Waals surface area contributed by atoms with Crippen molar-refractivity contribution in [2.75, 3.05) is 0 Å². The summed E-state index contributed by atoms with van der Waals surface area (Å²) in [5.74, 6) is 0. The highest BCUT2D eigenvalue weighted by Crippen LogP contribution is 2.29. The van der Waals surface area contributed by atoms with E-state index < -0.39 is 0 Å². The van der Waals surface area contributed by atoms with Crippen LogP contribution in [0.25, 0.3) is 0 Å². The smallest absolute Gasteiger partial charge is 0.262 e. The van der Waals surface area contributed by atoms with Crippen LogP contribution in [0.15, 0.2) is 27.3 Å². The van der Waals surface area contributed by atoms with E-state index in [2.05, 4.69) is 15.0 Å². The molecule has 16 heavy (non-hydrogen) atoms. The largest absolute Gasteiger partial charge is 0.439 e. The molecule has 0 aliphatic rings. The van der Waals surface area contributed by atoms with Gasteiger partial charge < -0.3 is 4.42 Å². The van der Waals surface area contributed by atoms with Crippen molar-refractivity contribution in [3.05, 3.63) is 29.0 Å². The number of halogens is 1. The number of carbonyl (C=O) groups excluding carboxylic acids is 1. The number of aryl methyl sites for hydroxylation is 1. The molecule has 0 saturated heterocycles. The van der Waals surface area contributed by atoms with Gasteiger partial charge in [0.2, 0.25) is 0 Å². The molecule has 2 aromatic heterocycles. The minimum absolute atomic E-state index is 0.121. The van der Waals surface area contributed by atoms with Gasteiger partial charge in [-0.15, -0.1) is 0 Å². The van der Waals surface area contributed by atoms with Crippen molar-refractivity contribution in [1.82, 2.24) is 15.0 Å².